The molecule has 98 valence electrons. The Morgan fingerprint density at radius 3 is 2.59 bits per heavy atom. The molecule has 6 heteroatoms. The first kappa shape index (κ1) is 14.7. The molecule has 1 rings (SSSR count). The number of carboxylic acids is 1. The molecular formula is C11H19NO3S2. The van der Waals surface area contributed by atoms with E-state index >= 15 is 0 Å². The van der Waals surface area contributed by atoms with Gasteiger partial charge in [0.15, 0.2) is 0 Å². The van der Waals surface area contributed by atoms with Crippen LogP contribution in [0.4, 0.5) is 0 Å². The molecule has 4 nitrogen and oxygen atoms in total. The molecule has 1 aliphatic heterocycles. The van der Waals surface area contributed by atoms with Crippen molar-refractivity contribution in [2.24, 2.45) is 5.92 Å². The Bertz CT molecular complexity index is 278. The third-order valence-corrected chi connectivity index (χ3v) is 5.39. The molecule has 0 bridgehead atoms. The van der Waals surface area contributed by atoms with Gasteiger partial charge in [0.1, 0.15) is 6.04 Å². The minimum Gasteiger partial charge on any atom is -0.480 e. The Kier molecular flexibility index (Phi) is 6.19. The summed E-state index contributed by atoms with van der Waals surface area (Å²) in [6.45, 7) is 3.59. The standard InChI is InChI=1S/C11H19NO3S2/c1-7(2)10(11(14)15)12-9(13)5-8-6-16-3-4-17-8/h7-8,10H,3-6H2,1-2H3,(H,12,13)(H,14,15). The van der Waals surface area contributed by atoms with Gasteiger partial charge in [-0.1, -0.05) is 13.8 Å². The molecule has 2 unspecified atom stereocenters. The molecule has 0 saturated carbocycles. The second-order valence-electron chi connectivity index (χ2n) is 4.40. The minimum atomic E-state index is -0.959. The third-order valence-electron chi connectivity index (χ3n) is 2.55. The minimum absolute atomic E-state index is 0.0927. The van der Waals surface area contributed by atoms with Crippen molar-refractivity contribution in [2.75, 3.05) is 17.3 Å². The van der Waals surface area contributed by atoms with Crippen LogP contribution in [-0.4, -0.2) is 45.5 Å². The molecular weight excluding hydrogens is 258 g/mol. The van der Waals surface area contributed by atoms with Gasteiger partial charge in [0.25, 0.3) is 0 Å². The number of carbonyl (C=O) groups is 2. The number of hydrogen-bond acceptors (Lipinski definition) is 4. The lowest BCUT2D eigenvalue weighted by Gasteiger charge is -2.22. The van der Waals surface area contributed by atoms with Crippen molar-refractivity contribution in [2.45, 2.75) is 31.6 Å². The molecule has 0 aliphatic carbocycles. The Balaban J connectivity index is 2.38. The van der Waals surface area contributed by atoms with Gasteiger partial charge in [-0.05, 0) is 5.92 Å². The average Bonchev–Trinajstić information content (AvgIpc) is 2.26. The SMILES string of the molecule is CC(C)C(NC(=O)CC1CSCCS1)C(=O)O. The predicted molar refractivity (Wildman–Crippen MR) is 72.6 cm³/mol. The Labute approximate surface area is 110 Å². The number of amides is 1. The van der Waals surface area contributed by atoms with E-state index in [0.29, 0.717) is 11.7 Å². The van der Waals surface area contributed by atoms with Crippen LogP contribution in [0.1, 0.15) is 20.3 Å². The first-order valence-electron chi connectivity index (χ1n) is 5.72. The zero-order valence-electron chi connectivity index (χ0n) is 10.1. The molecule has 0 spiro atoms. The number of carboxylic acid groups (broad SMARTS) is 1. The Morgan fingerprint density at radius 2 is 2.12 bits per heavy atom. The van der Waals surface area contributed by atoms with Gasteiger partial charge in [0.2, 0.25) is 5.91 Å². The van der Waals surface area contributed by atoms with Crippen molar-refractivity contribution in [3.05, 3.63) is 0 Å². The molecule has 0 aromatic heterocycles. The second-order valence-corrected chi connectivity index (χ2v) is 6.96. The fraction of sp³-hybridized carbons (Fsp3) is 0.818. The van der Waals surface area contributed by atoms with Crippen molar-refractivity contribution in [1.29, 1.82) is 0 Å². The van der Waals surface area contributed by atoms with Crippen LogP contribution in [0.5, 0.6) is 0 Å². The molecule has 0 aromatic carbocycles. The molecule has 1 amide bonds. The van der Waals surface area contributed by atoms with Crippen LogP contribution < -0.4 is 5.32 Å². The van der Waals surface area contributed by atoms with E-state index in [-0.39, 0.29) is 11.8 Å². The molecule has 1 aliphatic rings. The lowest BCUT2D eigenvalue weighted by atomic mass is 10.0. The van der Waals surface area contributed by atoms with Crippen LogP contribution in [0.2, 0.25) is 0 Å². The maximum atomic E-state index is 11.7. The summed E-state index contributed by atoms with van der Waals surface area (Å²) in [6, 6.07) is -0.774. The molecule has 1 fully saturated rings. The maximum Gasteiger partial charge on any atom is 0.326 e. The van der Waals surface area contributed by atoms with E-state index < -0.39 is 12.0 Å². The van der Waals surface area contributed by atoms with Gasteiger partial charge in [0, 0.05) is 28.9 Å². The zero-order chi connectivity index (χ0) is 12.8. The van der Waals surface area contributed by atoms with E-state index in [2.05, 4.69) is 5.32 Å². The smallest absolute Gasteiger partial charge is 0.326 e. The van der Waals surface area contributed by atoms with Gasteiger partial charge in [0.05, 0.1) is 0 Å². The van der Waals surface area contributed by atoms with Gasteiger partial charge in [-0.3, -0.25) is 4.79 Å². The summed E-state index contributed by atoms with van der Waals surface area (Å²) in [6.07, 6.45) is 0.425. The highest BCUT2D eigenvalue weighted by Crippen LogP contribution is 2.26. The molecule has 1 heterocycles. The first-order valence-corrected chi connectivity index (χ1v) is 7.92. The summed E-state index contributed by atoms with van der Waals surface area (Å²) in [5.74, 6) is 2.01. The quantitative estimate of drug-likeness (QED) is 0.796. The first-order chi connectivity index (χ1) is 8.00. The van der Waals surface area contributed by atoms with Gasteiger partial charge in [-0.25, -0.2) is 4.79 Å². The number of aliphatic carboxylic acids is 1. The predicted octanol–water partition coefficient (Wildman–Crippen LogP) is 1.45. The van der Waals surface area contributed by atoms with Crippen molar-refractivity contribution in [3.8, 4) is 0 Å². The highest BCUT2D eigenvalue weighted by molar-refractivity contribution is 8.06. The second kappa shape index (κ2) is 7.16. The van der Waals surface area contributed by atoms with Crippen LogP contribution in [0.15, 0.2) is 0 Å². The Hall–Kier alpha value is -0.360. The van der Waals surface area contributed by atoms with E-state index in [9.17, 15) is 9.59 Å². The maximum absolute atomic E-state index is 11.7. The van der Waals surface area contributed by atoms with Gasteiger partial charge >= 0.3 is 5.97 Å². The summed E-state index contributed by atoms with van der Waals surface area (Å²) in [7, 11) is 0. The monoisotopic (exact) mass is 277 g/mol. The Morgan fingerprint density at radius 1 is 1.41 bits per heavy atom. The van der Waals surface area contributed by atoms with Crippen molar-refractivity contribution < 1.29 is 14.7 Å². The van der Waals surface area contributed by atoms with Crippen molar-refractivity contribution in [3.63, 3.8) is 0 Å². The van der Waals surface area contributed by atoms with Crippen molar-refractivity contribution >= 4 is 35.4 Å². The summed E-state index contributed by atoms with van der Waals surface area (Å²) >= 11 is 3.67. The van der Waals surface area contributed by atoms with Crippen LogP contribution >= 0.6 is 23.5 Å². The van der Waals surface area contributed by atoms with E-state index in [4.69, 9.17) is 5.11 Å². The summed E-state index contributed by atoms with van der Waals surface area (Å²) in [4.78, 5) is 22.7. The highest BCUT2D eigenvalue weighted by atomic mass is 32.2. The van der Waals surface area contributed by atoms with E-state index in [1.165, 1.54) is 0 Å². The zero-order valence-corrected chi connectivity index (χ0v) is 11.8. The van der Waals surface area contributed by atoms with E-state index in [0.717, 1.165) is 17.3 Å². The number of hydrogen-bond donors (Lipinski definition) is 2. The van der Waals surface area contributed by atoms with Crippen LogP contribution in [0.3, 0.4) is 0 Å². The molecule has 0 radical (unpaired) electrons. The highest BCUT2D eigenvalue weighted by Gasteiger charge is 2.25. The molecule has 2 atom stereocenters. The molecule has 1 saturated heterocycles. The third kappa shape index (κ3) is 5.21. The average molecular weight is 277 g/mol. The molecule has 17 heavy (non-hydrogen) atoms. The largest absolute Gasteiger partial charge is 0.480 e. The summed E-state index contributed by atoms with van der Waals surface area (Å²) < 4.78 is 0. The van der Waals surface area contributed by atoms with Gasteiger partial charge in [-0.2, -0.15) is 23.5 Å². The van der Waals surface area contributed by atoms with E-state index in [1.807, 2.05) is 11.8 Å². The van der Waals surface area contributed by atoms with E-state index in [1.54, 1.807) is 25.6 Å². The lowest BCUT2D eigenvalue weighted by molar-refractivity contribution is -0.143. The van der Waals surface area contributed by atoms with Crippen molar-refractivity contribution in [1.82, 2.24) is 5.32 Å². The van der Waals surface area contributed by atoms with Gasteiger partial charge in [-0.15, -0.1) is 0 Å². The van der Waals surface area contributed by atoms with Crippen LogP contribution in [0.25, 0.3) is 0 Å². The number of carbonyl (C=O) groups excluding carboxylic acids is 1. The normalized spacial score (nSPS) is 22.2. The molecule has 0 aromatic rings. The van der Waals surface area contributed by atoms with Gasteiger partial charge < -0.3 is 10.4 Å². The number of nitrogens with one attached hydrogen (secondary N) is 1. The number of rotatable bonds is 5. The summed E-state index contributed by atoms with van der Waals surface area (Å²) in [5.41, 5.74) is 0. The molecule has 2 N–H and O–H groups in total. The summed E-state index contributed by atoms with van der Waals surface area (Å²) in [5, 5.41) is 11.9. The number of thioether (sulfide) groups is 2. The van der Waals surface area contributed by atoms with Crippen LogP contribution in [0, 0.1) is 5.92 Å². The van der Waals surface area contributed by atoms with Crippen LogP contribution in [-0.2, 0) is 9.59 Å². The fourth-order valence-corrected chi connectivity index (χ4v) is 4.29. The lowest BCUT2D eigenvalue weighted by Crippen LogP contribution is -2.45. The fourth-order valence-electron chi connectivity index (χ4n) is 1.61. The topological polar surface area (TPSA) is 66.4 Å².